The van der Waals surface area contributed by atoms with Crippen LogP contribution in [0.25, 0.3) is 0 Å². The fourth-order valence-corrected chi connectivity index (χ4v) is 2.18. The maximum atomic E-state index is 11.5. The summed E-state index contributed by atoms with van der Waals surface area (Å²) in [4.78, 5) is 13.0. The van der Waals surface area contributed by atoms with Gasteiger partial charge in [-0.1, -0.05) is 0 Å². The normalized spacial score (nSPS) is 23.6. The van der Waals surface area contributed by atoms with Gasteiger partial charge in [0.15, 0.2) is 9.84 Å². The average molecular weight is 220 g/mol. The van der Waals surface area contributed by atoms with Crippen molar-refractivity contribution in [1.29, 1.82) is 0 Å². The lowest BCUT2D eigenvalue weighted by Crippen LogP contribution is -2.47. The van der Waals surface area contributed by atoms with Crippen LogP contribution < -0.4 is 5.73 Å². The summed E-state index contributed by atoms with van der Waals surface area (Å²) in [6.45, 7) is 1.11. The molecule has 82 valence electrons. The number of sulfone groups is 1. The monoisotopic (exact) mass is 220 g/mol. The van der Waals surface area contributed by atoms with Crippen LogP contribution in [-0.4, -0.2) is 50.4 Å². The summed E-state index contributed by atoms with van der Waals surface area (Å²) in [6.07, 6.45) is 2.83. The van der Waals surface area contributed by atoms with E-state index in [1.54, 1.807) is 0 Å². The Morgan fingerprint density at radius 1 is 1.57 bits per heavy atom. The number of nitrogens with zero attached hydrogens (tertiary/aromatic N) is 1. The second kappa shape index (κ2) is 4.27. The second-order valence-electron chi connectivity index (χ2n) is 3.81. The average Bonchev–Trinajstić information content (AvgIpc) is 2.01. The molecule has 1 saturated heterocycles. The van der Waals surface area contributed by atoms with Crippen molar-refractivity contribution in [3.63, 3.8) is 0 Å². The first kappa shape index (κ1) is 11.5. The predicted molar refractivity (Wildman–Crippen MR) is 53.5 cm³/mol. The van der Waals surface area contributed by atoms with Gasteiger partial charge in [-0.2, -0.15) is 0 Å². The minimum absolute atomic E-state index is 0.00717. The number of likely N-dealkylation sites (tertiary alicyclic amines) is 1. The van der Waals surface area contributed by atoms with Crippen LogP contribution in [0.2, 0.25) is 0 Å². The Hall–Kier alpha value is -0.620. The van der Waals surface area contributed by atoms with Crippen LogP contribution in [0, 0.1) is 0 Å². The number of piperidine rings is 1. The zero-order valence-corrected chi connectivity index (χ0v) is 9.09. The Kier molecular flexibility index (Phi) is 3.49. The Balaban J connectivity index is 2.52. The van der Waals surface area contributed by atoms with Crippen molar-refractivity contribution >= 4 is 15.7 Å². The molecule has 1 aliphatic rings. The minimum atomic E-state index is -3.22. The summed E-state index contributed by atoms with van der Waals surface area (Å²) in [5, 5.41) is 0. The van der Waals surface area contributed by atoms with Crippen LogP contribution in [-0.2, 0) is 14.6 Å². The summed E-state index contributed by atoms with van der Waals surface area (Å²) >= 11 is 0. The third kappa shape index (κ3) is 3.63. The largest absolute Gasteiger partial charge is 0.340 e. The predicted octanol–water partition coefficient (Wildman–Crippen LogP) is -1.02. The van der Waals surface area contributed by atoms with Gasteiger partial charge >= 0.3 is 0 Å². The first-order valence-electron chi connectivity index (χ1n) is 4.59. The molecule has 0 spiro atoms. The van der Waals surface area contributed by atoms with Crippen molar-refractivity contribution in [2.45, 2.75) is 18.9 Å². The van der Waals surface area contributed by atoms with Crippen LogP contribution in [0.3, 0.4) is 0 Å². The molecule has 2 N–H and O–H groups in total. The molecular formula is C8H16N2O3S. The first-order chi connectivity index (χ1) is 6.38. The van der Waals surface area contributed by atoms with Gasteiger partial charge in [-0.3, -0.25) is 4.79 Å². The van der Waals surface area contributed by atoms with Gasteiger partial charge in [-0.05, 0) is 12.8 Å². The van der Waals surface area contributed by atoms with Crippen molar-refractivity contribution < 1.29 is 13.2 Å². The van der Waals surface area contributed by atoms with Crippen molar-refractivity contribution in [3.8, 4) is 0 Å². The summed E-state index contributed by atoms with van der Waals surface area (Å²) in [5.74, 6) is -0.734. The van der Waals surface area contributed by atoms with Crippen LogP contribution in [0.1, 0.15) is 12.8 Å². The number of nitrogens with two attached hydrogens (primary N) is 1. The van der Waals surface area contributed by atoms with E-state index >= 15 is 0 Å². The topological polar surface area (TPSA) is 80.5 Å². The van der Waals surface area contributed by atoms with Gasteiger partial charge in [-0.25, -0.2) is 8.42 Å². The molecular weight excluding hydrogens is 204 g/mol. The molecule has 1 fully saturated rings. The molecule has 0 aromatic rings. The van der Waals surface area contributed by atoms with Crippen molar-refractivity contribution in [2.24, 2.45) is 5.73 Å². The summed E-state index contributed by atoms with van der Waals surface area (Å²) in [6, 6.07) is -0.00717. The highest BCUT2D eigenvalue weighted by Gasteiger charge is 2.23. The SMILES string of the molecule is CS(=O)(=O)CC(=O)N1CCC[C@@H](N)C1. The molecule has 0 bridgehead atoms. The van der Waals surface area contributed by atoms with Crippen LogP contribution in [0.4, 0.5) is 0 Å². The van der Waals surface area contributed by atoms with Crippen molar-refractivity contribution in [3.05, 3.63) is 0 Å². The smallest absolute Gasteiger partial charge is 0.237 e. The van der Waals surface area contributed by atoms with E-state index in [1.807, 2.05) is 0 Å². The molecule has 5 nitrogen and oxygen atoms in total. The van der Waals surface area contributed by atoms with E-state index in [1.165, 1.54) is 4.90 Å². The van der Waals surface area contributed by atoms with E-state index < -0.39 is 15.6 Å². The first-order valence-corrected chi connectivity index (χ1v) is 6.65. The van der Waals surface area contributed by atoms with Crippen molar-refractivity contribution in [2.75, 3.05) is 25.1 Å². The summed E-state index contributed by atoms with van der Waals surface area (Å²) in [7, 11) is -3.22. The number of carbonyl (C=O) groups excluding carboxylic acids is 1. The molecule has 1 heterocycles. The zero-order valence-electron chi connectivity index (χ0n) is 8.27. The summed E-state index contributed by atoms with van der Waals surface area (Å²) in [5.41, 5.74) is 5.68. The van der Waals surface area contributed by atoms with Gasteiger partial charge in [0, 0.05) is 25.4 Å². The third-order valence-electron chi connectivity index (χ3n) is 2.20. The summed E-state index contributed by atoms with van der Waals surface area (Å²) < 4.78 is 21.8. The number of carbonyl (C=O) groups is 1. The second-order valence-corrected chi connectivity index (χ2v) is 5.95. The molecule has 0 radical (unpaired) electrons. The number of rotatable bonds is 2. The molecule has 1 aliphatic heterocycles. The van der Waals surface area contributed by atoms with Crippen LogP contribution >= 0.6 is 0 Å². The lowest BCUT2D eigenvalue weighted by Gasteiger charge is -2.30. The van der Waals surface area contributed by atoms with E-state index in [9.17, 15) is 13.2 Å². The van der Waals surface area contributed by atoms with Gasteiger partial charge in [-0.15, -0.1) is 0 Å². The van der Waals surface area contributed by atoms with E-state index in [2.05, 4.69) is 0 Å². The molecule has 0 aromatic carbocycles. The number of hydrogen-bond donors (Lipinski definition) is 1. The maximum absolute atomic E-state index is 11.5. The fourth-order valence-electron chi connectivity index (χ4n) is 1.55. The Bertz CT molecular complexity index is 313. The maximum Gasteiger partial charge on any atom is 0.237 e. The molecule has 14 heavy (non-hydrogen) atoms. The lowest BCUT2D eigenvalue weighted by atomic mass is 10.1. The fraction of sp³-hybridized carbons (Fsp3) is 0.875. The molecule has 0 aromatic heterocycles. The molecule has 1 rings (SSSR count). The third-order valence-corrected chi connectivity index (χ3v) is 2.97. The Labute approximate surface area is 84.2 Å². The number of amides is 1. The lowest BCUT2D eigenvalue weighted by molar-refractivity contribution is -0.129. The van der Waals surface area contributed by atoms with Gasteiger partial charge in [0.2, 0.25) is 5.91 Å². The van der Waals surface area contributed by atoms with Crippen LogP contribution in [0.5, 0.6) is 0 Å². The highest BCUT2D eigenvalue weighted by atomic mass is 32.2. The van der Waals surface area contributed by atoms with E-state index in [0.717, 1.165) is 19.1 Å². The van der Waals surface area contributed by atoms with E-state index in [-0.39, 0.29) is 11.9 Å². The van der Waals surface area contributed by atoms with Gasteiger partial charge < -0.3 is 10.6 Å². The highest BCUT2D eigenvalue weighted by molar-refractivity contribution is 7.91. The van der Waals surface area contributed by atoms with E-state index in [0.29, 0.717) is 13.1 Å². The zero-order chi connectivity index (χ0) is 10.8. The minimum Gasteiger partial charge on any atom is -0.340 e. The highest BCUT2D eigenvalue weighted by Crippen LogP contribution is 2.08. The van der Waals surface area contributed by atoms with Crippen molar-refractivity contribution in [1.82, 2.24) is 4.90 Å². The molecule has 0 saturated carbocycles. The molecule has 6 heteroatoms. The molecule has 1 amide bonds. The quantitative estimate of drug-likeness (QED) is 0.646. The number of hydrogen-bond acceptors (Lipinski definition) is 4. The van der Waals surface area contributed by atoms with E-state index in [4.69, 9.17) is 5.73 Å². The Morgan fingerprint density at radius 3 is 2.71 bits per heavy atom. The Morgan fingerprint density at radius 2 is 2.21 bits per heavy atom. The van der Waals surface area contributed by atoms with Gasteiger partial charge in [0.25, 0.3) is 0 Å². The standard InChI is InChI=1S/C8H16N2O3S/c1-14(12,13)6-8(11)10-4-2-3-7(9)5-10/h7H,2-6,9H2,1H3/t7-/m1/s1. The molecule has 0 unspecified atom stereocenters. The van der Waals surface area contributed by atoms with Crippen LogP contribution in [0.15, 0.2) is 0 Å². The molecule has 1 atom stereocenters. The van der Waals surface area contributed by atoms with Gasteiger partial charge in [0.05, 0.1) is 0 Å². The molecule has 0 aliphatic carbocycles. The van der Waals surface area contributed by atoms with Gasteiger partial charge in [0.1, 0.15) is 5.75 Å².